The van der Waals surface area contributed by atoms with Crippen molar-refractivity contribution in [2.24, 2.45) is 11.7 Å². The van der Waals surface area contributed by atoms with E-state index in [0.29, 0.717) is 12.5 Å². The Morgan fingerprint density at radius 2 is 2.06 bits per heavy atom. The first-order valence-electron chi connectivity index (χ1n) is 6.40. The third-order valence-electron chi connectivity index (χ3n) is 3.38. The first-order valence-corrected chi connectivity index (χ1v) is 6.40. The van der Waals surface area contributed by atoms with Crippen molar-refractivity contribution in [3.63, 3.8) is 0 Å². The molecule has 1 unspecified atom stereocenters. The monoisotopic (exact) mass is 227 g/mol. The molecular weight excluding hydrogens is 202 g/mol. The maximum absolute atomic E-state index is 12.0. The standard InChI is InChI=1S/C12H25N3O/c1-3-11(2)12(16)15-7-4-6-14(8-5-13)9-10-15/h11H,3-10,13H2,1-2H3. The predicted molar refractivity (Wildman–Crippen MR) is 66.1 cm³/mol. The summed E-state index contributed by atoms with van der Waals surface area (Å²) in [6.45, 7) is 9.56. The van der Waals surface area contributed by atoms with Gasteiger partial charge in [-0.1, -0.05) is 13.8 Å². The Balaban J connectivity index is 2.43. The zero-order chi connectivity index (χ0) is 12.0. The van der Waals surface area contributed by atoms with Crippen LogP contribution < -0.4 is 5.73 Å². The largest absolute Gasteiger partial charge is 0.341 e. The van der Waals surface area contributed by atoms with Crippen molar-refractivity contribution >= 4 is 5.91 Å². The van der Waals surface area contributed by atoms with Crippen LogP contribution >= 0.6 is 0 Å². The van der Waals surface area contributed by atoms with Gasteiger partial charge in [-0.2, -0.15) is 0 Å². The smallest absolute Gasteiger partial charge is 0.225 e. The molecule has 1 rings (SSSR count). The molecule has 1 fully saturated rings. The third kappa shape index (κ3) is 3.76. The Kier molecular flexibility index (Phi) is 5.77. The van der Waals surface area contributed by atoms with Gasteiger partial charge in [0.2, 0.25) is 5.91 Å². The van der Waals surface area contributed by atoms with Crippen LogP contribution in [-0.4, -0.2) is 55.0 Å². The number of hydrogen-bond acceptors (Lipinski definition) is 3. The minimum atomic E-state index is 0.168. The molecule has 0 spiro atoms. The van der Waals surface area contributed by atoms with E-state index in [4.69, 9.17) is 5.73 Å². The van der Waals surface area contributed by atoms with Crippen molar-refractivity contribution in [2.45, 2.75) is 26.7 Å². The maximum Gasteiger partial charge on any atom is 0.225 e. The predicted octanol–water partition coefficient (Wildman–Crippen LogP) is 0.526. The van der Waals surface area contributed by atoms with Gasteiger partial charge >= 0.3 is 0 Å². The molecule has 0 aromatic heterocycles. The molecular formula is C12H25N3O. The molecule has 0 aliphatic carbocycles. The first kappa shape index (κ1) is 13.5. The SMILES string of the molecule is CCC(C)C(=O)N1CCCN(CCN)CC1. The molecule has 1 heterocycles. The minimum absolute atomic E-state index is 0.168. The van der Waals surface area contributed by atoms with Crippen LogP contribution in [0.4, 0.5) is 0 Å². The molecule has 0 bridgehead atoms. The van der Waals surface area contributed by atoms with E-state index < -0.39 is 0 Å². The second-order valence-electron chi connectivity index (χ2n) is 4.62. The molecule has 4 heteroatoms. The molecule has 0 aromatic rings. The molecule has 1 aliphatic rings. The van der Waals surface area contributed by atoms with Crippen molar-refractivity contribution in [1.82, 2.24) is 9.80 Å². The number of carbonyl (C=O) groups excluding carboxylic acids is 1. The van der Waals surface area contributed by atoms with E-state index in [-0.39, 0.29) is 5.92 Å². The van der Waals surface area contributed by atoms with Crippen molar-refractivity contribution in [2.75, 3.05) is 39.3 Å². The average Bonchev–Trinajstić information content (AvgIpc) is 2.53. The normalized spacial score (nSPS) is 20.6. The third-order valence-corrected chi connectivity index (χ3v) is 3.38. The van der Waals surface area contributed by atoms with Gasteiger partial charge in [0.05, 0.1) is 0 Å². The fourth-order valence-electron chi connectivity index (χ4n) is 2.08. The van der Waals surface area contributed by atoms with Crippen LogP contribution in [0.3, 0.4) is 0 Å². The van der Waals surface area contributed by atoms with Crippen LogP contribution in [0.2, 0.25) is 0 Å². The number of rotatable bonds is 4. The highest BCUT2D eigenvalue weighted by molar-refractivity contribution is 5.78. The fourth-order valence-corrected chi connectivity index (χ4v) is 2.08. The van der Waals surface area contributed by atoms with Crippen LogP contribution in [0.5, 0.6) is 0 Å². The number of nitrogens with zero attached hydrogens (tertiary/aromatic N) is 2. The Bertz CT molecular complexity index is 220. The van der Waals surface area contributed by atoms with Gasteiger partial charge in [-0.05, 0) is 19.4 Å². The lowest BCUT2D eigenvalue weighted by atomic mass is 10.1. The summed E-state index contributed by atoms with van der Waals surface area (Å²) in [5.41, 5.74) is 5.55. The molecule has 1 aliphatic heterocycles. The van der Waals surface area contributed by atoms with Gasteiger partial charge < -0.3 is 15.5 Å². The summed E-state index contributed by atoms with van der Waals surface area (Å²) in [7, 11) is 0. The fraction of sp³-hybridized carbons (Fsp3) is 0.917. The summed E-state index contributed by atoms with van der Waals surface area (Å²) in [5, 5.41) is 0. The summed E-state index contributed by atoms with van der Waals surface area (Å²) < 4.78 is 0. The molecule has 1 amide bonds. The molecule has 94 valence electrons. The highest BCUT2D eigenvalue weighted by Gasteiger charge is 2.21. The molecule has 0 aromatic carbocycles. The van der Waals surface area contributed by atoms with Crippen molar-refractivity contribution in [3.05, 3.63) is 0 Å². The van der Waals surface area contributed by atoms with E-state index in [9.17, 15) is 4.79 Å². The highest BCUT2D eigenvalue weighted by atomic mass is 16.2. The summed E-state index contributed by atoms with van der Waals surface area (Å²) in [6, 6.07) is 0. The van der Waals surface area contributed by atoms with Crippen LogP contribution in [0.15, 0.2) is 0 Å². The van der Waals surface area contributed by atoms with Crippen molar-refractivity contribution in [1.29, 1.82) is 0 Å². The summed E-state index contributed by atoms with van der Waals surface area (Å²) >= 11 is 0. The van der Waals surface area contributed by atoms with Gasteiger partial charge in [-0.25, -0.2) is 0 Å². The van der Waals surface area contributed by atoms with E-state index in [2.05, 4.69) is 11.8 Å². The molecule has 4 nitrogen and oxygen atoms in total. The van der Waals surface area contributed by atoms with E-state index in [1.807, 2.05) is 11.8 Å². The molecule has 16 heavy (non-hydrogen) atoms. The van der Waals surface area contributed by atoms with Gasteiger partial charge in [0.1, 0.15) is 0 Å². The molecule has 0 saturated carbocycles. The average molecular weight is 227 g/mol. The summed E-state index contributed by atoms with van der Waals surface area (Å²) in [5.74, 6) is 0.484. The lowest BCUT2D eigenvalue weighted by Gasteiger charge is -2.24. The van der Waals surface area contributed by atoms with Crippen LogP contribution in [-0.2, 0) is 4.79 Å². The van der Waals surface area contributed by atoms with Gasteiger partial charge in [-0.3, -0.25) is 4.79 Å². The van der Waals surface area contributed by atoms with Gasteiger partial charge in [0.25, 0.3) is 0 Å². The van der Waals surface area contributed by atoms with Crippen LogP contribution in [0.25, 0.3) is 0 Å². The zero-order valence-corrected chi connectivity index (χ0v) is 10.6. The molecule has 0 radical (unpaired) electrons. The number of nitrogens with two attached hydrogens (primary N) is 1. The van der Waals surface area contributed by atoms with E-state index in [1.54, 1.807) is 0 Å². The van der Waals surface area contributed by atoms with Crippen molar-refractivity contribution < 1.29 is 4.79 Å². The van der Waals surface area contributed by atoms with Gasteiger partial charge in [-0.15, -0.1) is 0 Å². The molecule has 1 atom stereocenters. The number of amides is 1. The lowest BCUT2D eigenvalue weighted by Crippen LogP contribution is -2.38. The first-order chi connectivity index (χ1) is 7.69. The van der Waals surface area contributed by atoms with E-state index >= 15 is 0 Å². The summed E-state index contributed by atoms with van der Waals surface area (Å²) in [6.07, 6.45) is 2.00. The maximum atomic E-state index is 12.0. The Morgan fingerprint density at radius 3 is 2.69 bits per heavy atom. The Labute approximate surface area is 98.8 Å². The minimum Gasteiger partial charge on any atom is -0.341 e. The molecule has 1 saturated heterocycles. The number of carbonyl (C=O) groups is 1. The highest BCUT2D eigenvalue weighted by Crippen LogP contribution is 2.10. The Hall–Kier alpha value is -0.610. The lowest BCUT2D eigenvalue weighted by molar-refractivity contribution is -0.134. The molecule has 2 N–H and O–H groups in total. The van der Waals surface area contributed by atoms with Gasteiger partial charge in [0, 0.05) is 38.6 Å². The van der Waals surface area contributed by atoms with Gasteiger partial charge in [0.15, 0.2) is 0 Å². The second kappa shape index (κ2) is 6.86. The van der Waals surface area contributed by atoms with E-state index in [0.717, 1.165) is 45.6 Å². The zero-order valence-electron chi connectivity index (χ0n) is 10.6. The topological polar surface area (TPSA) is 49.6 Å². The Morgan fingerprint density at radius 1 is 1.31 bits per heavy atom. The van der Waals surface area contributed by atoms with E-state index in [1.165, 1.54) is 0 Å². The quantitative estimate of drug-likeness (QED) is 0.762. The van der Waals surface area contributed by atoms with Crippen molar-refractivity contribution in [3.8, 4) is 0 Å². The second-order valence-corrected chi connectivity index (χ2v) is 4.62. The summed E-state index contributed by atoms with van der Waals surface area (Å²) in [4.78, 5) is 16.4. The number of hydrogen-bond donors (Lipinski definition) is 1. The van der Waals surface area contributed by atoms with Crippen LogP contribution in [0, 0.1) is 5.92 Å². The van der Waals surface area contributed by atoms with Crippen LogP contribution in [0.1, 0.15) is 26.7 Å².